The SMILES string of the molecule is O=C(Nc1ccc(O)cc1)C1CC(=O)N(c2ccccc2F)C1. The average Bonchev–Trinajstić information content (AvgIpc) is 2.92. The molecule has 118 valence electrons. The van der Waals surface area contributed by atoms with Gasteiger partial charge in [-0.25, -0.2) is 4.39 Å². The first-order chi connectivity index (χ1) is 11.0. The van der Waals surface area contributed by atoms with Crippen molar-refractivity contribution in [3.63, 3.8) is 0 Å². The Hall–Kier alpha value is -2.89. The summed E-state index contributed by atoms with van der Waals surface area (Å²) >= 11 is 0. The Morgan fingerprint density at radius 2 is 1.87 bits per heavy atom. The fourth-order valence-corrected chi connectivity index (χ4v) is 2.58. The van der Waals surface area contributed by atoms with Crippen LogP contribution >= 0.6 is 0 Å². The van der Waals surface area contributed by atoms with E-state index in [9.17, 15) is 19.1 Å². The van der Waals surface area contributed by atoms with Crippen molar-refractivity contribution in [3.05, 3.63) is 54.3 Å². The number of amides is 2. The maximum atomic E-state index is 13.8. The van der Waals surface area contributed by atoms with Crippen molar-refractivity contribution in [1.82, 2.24) is 0 Å². The van der Waals surface area contributed by atoms with Crippen LogP contribution in [0.15, 0.2) is 48.5 Å². The van der Waals surface area contributed by atoms with Gasteiger partial charge in [0.2, 0.25) is 11.8 Å². The highest BCUT2D eigenvalue weighted by molar-refractivity contribution is 6.03. The van der Waals surface area contributed by atoms with E-state index in [-0.39, 0.29) is 36.2 Å². The molecule has 0 spiro atoms. The summed E-state index contributed by atoms with van der Waals surface area (Å²) < 4.78 is 13.8. The molecule has 1 fully saturated rings. The van der Waals surface area contributed by atoms with Gasteiger partial charge in [-0.05, 0) is 36.4 Å². The fraction of sp³-hybridized carbons (Fsp3) is 0.176. The molecule has 6 heteroatoms. The maximum Gasteiger partial charge on any atom is 0.229 e. The number of anilines is 2. The minimum Gasteiger partial charge on any atom is -0.508 e. The van der Waals surface area contributed by atoms with Gasteiger partial charge in [0.25, 0.3) is 0 Å². The summed E-state index contributed by atoms with van der Waals surface area (Å²) in [4.78, 5) is 25.6. The topological polar surface area (TPSA) is 69.6 Å². The number of phenolic OH excluding ortho intramolecular Hbond substituents is 1. The zero-order valence-corrected chi connectivity index (χ0v) is 12.2. The molecule has 1 atom stereocenters. The minimum atomic E-state index is -0.545. The van der Waals surface area contributed by atoms with Crippen LogP contribution in [-0.4, -0.2) is 23.5 Å². The Labute approximate surface area is 132 Å². The van der Waals surface area contributed by atoms with Gasteiger partial charge in [-0.15, -0.1) is 0 Å². The van der Waals surface area contributed by atoms with E-state index >= 15 is 0 Å². The summed E-state index contributed by atoms with van der Waals surface area (Å²) in [5.74, 6) is -1.51. The summed E-state index contributed by atoms with van der Waals surface area (Å²) in [6.45, 7) is 0.143. The van der Waals surface area contributed by atoms with Crippen molar-refractivity contribution in [2.24, 2.45) is 5.92 Å². The van der Waals surface area contributed by atoms with Crippen LogP contribution in [0.25, 0.3) is 0 Å². The van der Waals surface area contributed by atoms with E-state index in [0.717, 1.165) is 0 Å². The zero-order chi connectivity index (χ0) is 16.4. The van der Waals surface area contributed by atoms with Crippen molar-refractivity contribution in [1.29, 1.82) is 0 Å². The van der Waals surface area contributed by atoms with Crippen LogP contribution < -0.4 is 10.2 Å². The number of carbonyl (C=O) groups is 2. The molecule has 2 N–H and O–H groups in total. The number of halogens is 1. The third-order valence-electron chi connectivity index (χ3n) is 3.77. The largest absolute Gasteiger partial charge is 0.508 e. The van der Waals surface area contributed by atoms with Crippen LogP contribution in [0.2, 0.25) is 0 Å². The Morgan fingerprint density at radius 3 is 2.57 bits per heavy atom. The monoisotopic (exact) mass is 314 g/mol. The predicted octanol–water partition coefficient (Wildman–Crippen LogP) is 2.52. The molecular formula is C17H15FN2O3. The maximum absolute atomic E-state index is 13.8. The number of benzene rings is 2. The summed E-state index contributed by atoms with van der Waals surface area (Å²) in [6, 6.07) is 12.1. The summed E-state index contributed by atoms with van der Waals surface area (Å²) in [6.07, 6.45) is 0.0399. The lowest BCUT2D eigenvalue weighted by Crippen LogP contribution is -2.28. The molecule has 3 rings (SSSR count). The van der Waals surface area contributed by atoms with E-state index in [1.54, 1.807) is 24.3 Å². The molecule has 0 bridgehead atoms. The molecule has 0 saturated carbocycles. The van der Waals surface area contributed by atoms with Gasteiger partial charge in [-0.3, -0.25) is 9.59 Å². The van der Waals surface area contributed by atoms with Crippen molar-refractivity contribution in [3.8, 4) is 5.75 Å². The molecule has 5 nitrogen and oxygen atoms in total. The molecule has 23 heavy (non-hydrogen) atoms. The summed E-state index contributed by atoms with van der Waals surface area (Å²) in [7, 11) is 0. The molecule has 0 radical (unpaired) electrons. The molecule has 2 aromatic carbocycles. The first kappa shape index (κ1) is 15.0. The van der Waals surface area contributed by atoms with Crippen LogP contribution in [0.4, 0.5) is 15.8 Å². The van der Waals surface area contributed by atoms with Gasteiger partial charge in [0.05, 0.1) is 11.6 Å². The molecule has 0 aliphatic carbocycles. The van der Waals surface area contributed by atoms with Gasteiger partial charge >= 0.3 is 0 Å². The lowest BCUT2D eigenvalue weighted by atomic mass is 10.1. The van der Waals surface area contributed by atoms with Crippen LogP contribution in [0, 0.1) is 11.7 Å². The van der Waals surface area contributed by atoms with E-state index < -0.39 is 11.7 Å². The van der Waals surface area contributed by atoms with Gasteiger partial charge in [-0.1, -0.05) is 12.1 Å². The second-order valence-electron chi connectivity index (χ2n) is 5.39. The van der Waals surface area contributed by atoms with Crippen LogP contribution in [0.1, 0.15) is 6.42 Å². The van der Waals surface area contributed by atoms with Gasteiger partial charge in [0.1, 0.15) is 11.6 Å². The Kier molecular flexibility index (Phi) is 3.97. The molecule has 1 unspecified atom stereocenters. The molecular weight excluding hydrogens is 299 g/mol. The highest BCUT2D eigenvalue weighted by atomic mass is 19.1. The fourth-order valence-electron chi connectivity index (χ4n) is 2.58. The highest BCUT2D eigenvalue weighted by Gasteiger charge is 2.36. The van der Waals surface area contributed by atoms with E-state index in [2.05, 4.69) is 5.32 Å². The predicted molar refractivity (Wildman–Crippen MR) is 83.6 cm³/mol. The first-order valence-electron chi connectivity index (χ1n) is 7.19. The number of phenols is 1. The third-order valence-corrected chi connectivity index (χ3v) is 3.77. The van der Waals surface area contributed by atoms with E-state index in [4.69, 9.17) is 0 Å². The molecule has 2 aromatic rings. The standard InChI is InChI=1S/C17H15FN2O3/c18-14-3-1-2-4-15(14)20-10-11(9-16(20)22)17(23)19-12-5-7-13(21)8-6-12/h1-8,11,21H,9-10H2,(H,19,23). The molecule has 2 amide bonds. The minimum absolute atomic E-state index is 0.0399. The van der Waals surface area contributed by atoms with Crippen molar-refractivity contribution in [2.45, 2.75) is 6.42 Å². The first-order valence-corrected chi connectivity index (χ1v) is 7.19. The van der Waals surface area contributed by atoms with Crippen molar-refractivity contribution in [2.75, 3.05) is 16.8 Å². The number of para-hydroxylation sites is 1. The lowest BCUT2D eigenvalue weighted by Gasteiger charge is -2.17. The van der Waals surface area contributed by atoms with Gasteiger partial charge in [0, 0.05) is 18.7 Å². The van der Waals surface area contributed by atoms with Crippen LogP contribution in [0.5, 0.6) is 5.75 Å². The molecule has 1 aliphatic heterocycles. The molecule has 1 heterocycles. The van der Waals surface area contributed by atoms with E-state index in [0.29, 0.717) is 5.69 Å². The molecule has 1 aliphatic rings. The summed E-state index contributed by atoms with van der Waals surface area (Å²) in [5.41, 5.74) is 0.724. The second-order valence-corrected chi connectivity index (χ2v) is 5.39. The van der Waals surface area contributed by atoms with Gasteiger partial charge < -0.3 is 15.3 Å². The number of hydrogen-bond donors (Lipinski definition) is 2. The number of rotatable bonds is 3. The number of nitrogens with one attached hydrogen (secondary N) is 1. The zero-order valence-electron chi connectivity index (χ0n) is 12.2. The van der Waals surface area contributed by atoms with Gasteiger partial charge in [0.15, 0.2) is 0 Å². The van der Waals surface area contributed by atoms with Crippen molar-refractivity contribution >= 4 is 23.2 Å². The Morgan fingerprint density at radius 1 is 1.17 bits per heavy atom. The number of hydrogen-bond acceptors (Lipinski definition) is 3. The van der Waals surface area contributed by atoms with Crippen LogP contribution in [-0.2, 0) is 9.59 Å². The lowest BCUT2D eigenvalue weighted by molar-refractivity contribution is -0.122. The third kappa shape index (κ3) is 3.15. The number of aromatic hydroxyl groups is 1. The summed E-state index contributed by atoms with van der Waals surface area (Å²) in [5, 5.41) is 11.9. The number of carbonyl (C=O) groups excluding carboxylic acids is 2. The second kappa shape index (κ2) is 6.08. The Balaban J connectivity index is 1.71. The molecule has 1 saturated heterocycles. The smallest absolute Gasteiger partial charge is 0.229 e. The quantitative estimate of drug-likeness (QED) is 0.855. The highest BCUT2D eigenvalue weighted by Crippen LogP contribution is 2.28. The number of nitrogens with zero attached hydrogens (tertiary/aromatic N) is 1. The van der Waals surface area contributed by atoms with E-state index in [1.807, 2.05) is 0 Å². The molecule has 0 aromatic heterocycles. The van der Waals surface area contributed by atoms with Crippen molar-refractivity contribution < 1.29 is 19.1 Å². The normalized spacial score (nSPS) is 17.3. The van der Waals surface area contributed by atoms with Crippen LogP contribution in [0.3, 0.4) is 0 Å². The Bertz CT molecular complexity index is 746. The van der Waals surface area contributed by atoms with E-state index in [1.165, 1.54) is 29.2 Å². The van der Waals surface area contributed by atoms with Gasteiger partial charge in [-0.2, -0.15) is 0 Å². The average molecular weight is 314 g/mol.